The summed E-state index contributed by atoms with van der Waals surface area (Å²) in [5.41, 5.74) is 0.624. The van der Waals surface area contributed by atoms with E-state index in [1.54, 1.807) is 23.9 Å². The first kappa shape index (κ1) is 16.2. The molecule has 1 aromatic carbocycles. The van der Waals surface area contributed by atoms with Gasteiger partial charge in [0.15, 0.2) is 5.78 Å². The zero-order chi connectivity index (χ0) is 14.3. The number of hydrogen-bond acceptors (Lipinski definition) is 4. The maximum atomic E-state index is 12.1. The van der Waals surface area contributed by atoms with Gasteiger partial charge in [0.25, 0.3) is 0 Å². The SMILES string of the molecule is CCSCC(CC(=O)c1ccc(Br)cc1)C(=O)OC. The van der Waals surface area contributed by atoms with E-state index in [0.29, 0.717) is 11.3 Å². The van der Waals surface area contributed by atoms with Gasteiger partial charge >= 0.3 is 5.97 Å². The fourth-order valence-electron chi connectivity index (χ4n) is 1.61. The first-order chi connectivity index (χ1) is 9.08. The molecule has 1 aromatic rings. The summed E-state index contributed by atoms with van der Waals surface area (Å²) in [6.45, 7) is 2.02. The average molecular weight is 345 g/mol. The minimum Gasteiger partial charge on any atom is -0.469 e. The Morgan fingerprint density at radius 2 is 1.95 bits per heavy atom. The number of methoxy groups -OCH3 is 1. The molecular weight excluding hydrogens is 328 g/mol. The molecule has 5 heteroatoms. The van der Waals surface area contributed by atoms with Gasteiger partial charge in [0.2, 0.25) is 0 Å². The summed E-state index contributed by atoms with van der Waals surface area (Å²) < 4.78 is 5.68. The molecule has 0 saturated carbocycles. The van der Waals surface area contributed by atoms with Crippen molar-refractivity contribution in [1.82, 2.24) is 0 Å². The molecule has 19 heavy (non-hydrogen) atoms. The van der Waals surface area contributed by atoms with Crippen molar-refractivity contribution in [2.75, 3.05) is 18.6 Å². The molecule has 0 bridgehead atoms. The maximum absolute atomic E-state index is 12.1. The highest BCUT2D eigenvalue weighted by Gasteiger charge is 2.23. The van der Waals surface area contributed by atoms with Gasteiger partial charge < -0.3 is 4.74 Å². The molecule has 0 amide bonds. The summed E-state index contributed by atoms with van der Waals surface area (Å²) in [6.07, 6.45) is 0.196. The summed E-state index contributed by atoms with van der Waals surface area (Å²) in [6, 6.07) is 7.16. The lowest BCUT2D eigenvalue weighted by atomic mass is 10.00. The summed E-state index contributed by atoms with van der Waals surface area (Å²) in [5, 5.41) is 0. The third kappa shape index (κ3) is 5.37. The van der Waals surface area contributed by atoms with Crippen LogP contribution in [-0.4, -0.2) is 30.4 Å². The Morgan fingerprint density at radius 3 is 2.47 bits per heavy atom. The summed E-state index contributed by atoms with van der Waals surface area (Å²) in [7, 11) is 1.36. The average Bonchev–Trinajstić information content (AvgIpc) is 2.43. The number of halogens is 1. The highest BCUT2D eigenvalue weighted by molar-refractivity contribution is 9.10. The third-order valence-electron chi connectivity index (χ3n) is 2.66. The standard InChI is InChI=1S/C14H17BrO3S/c1-3-19-9-11(14(17)18-2)8-13(16)10-4-6-12(15)7-5-10/h4-7,11H,3,8-9H2,1-2H3. The van der Waals surface area contributed by atoms with Crippen LogP contribution in [0.15, 0.2) is 28.7 Å². The molecule has 1 atom stereocenters. The lowest BCUT2D eigenvalue weighted by Gasteiger charge is -2.13. The number of ketones is 1. The van der Waals surface area contributed by atoms with Gasteiger partial charge in [-0.2, -0.15) is 11.8 Å². The number of carbonyl (C=O) groups excluding carboxylic acids is 2. The predicted octanol–water partition coefficient (Wildman–Crippen LogP) is 3.56. The molecule has 0 heterocycles. The van der Waals surface area contributed by atoms with Crippen molar-refractivity contribution in [3.8, 4) is 0 Å². The van der Waals surface area contributed by atoms with Gasteiger partial charge in [-0.15, -0.1) is 0 Å². The van der Waals surface area contributed by atoms with Crippen molar-refractivity contribution in [3.05, 3.63) is 34.3 Å². The summed E-state index contributed by atoms with van der Waals surface area (Å²) in [5.74, 6) is 0.822. The van der Waals surface area contributed by atoms with Crippen LogP contribution in [0.1, 0.15) is 23.7 Å². The van der Waals surface area contributed by atoms with Gasteiger partial charge in [0.1, 0.15) is 0 Å². The Morgan fingerprint density at radius 1 is 1.32 bits per heavy atom. The first-order valence-electron chi connectivity index (χ1n) is 6.02. The van der Waals surface area contributed by atoms with Crippen LogP contribution >= 0.6 is 27.7 Å². The van der Waals surface area contributed by atoms with Crippen LogP contribution in [0.2, 0.25) is 0 Å². The summed E-state index contributed by atoms with van der Waals surface area (Å²) in [4.78, 5) is 23.8. The number of carbonyl (C=O) groups is 2. The largest absolute Gasteiger partial charge is 0.469 e. The Hall–Kier alpha value is -0.810. The Kier molecular flexibility index (Phi) is 7.16. The topological polar surface area (TPSA) is 43.4 Å². The van der Waals surface area contributed by atoms with Crippen LogP contribution in [0.3, 0.4) is 0 Å². The first-order valence-corrected chi connectivity index (χ1v) is 7.97. The van der Waals surface area contributed by atoms with Crippen LogP contribution in [-0.2, 0) is 9.53 Å². The monoisotopic (exact) mass is 344 g/mol. The van der Waals surface area contributed by atoms with E-state index in [-0.39, 0.29) is 24.1 Å². The lowest BCUT2D eigenvalue weighted by Crippen LogP contribution is -2.22. The van der Waals surface area contributed by atoms with Crippen LogP contribution in [0.5, 0.6) is 0 Å². The van der Waals surface area contributed by atoms with Crippen molar-refractivity contribution in [2.24, 2.45) is 5.92 Å². The lowest BCUT2D eigenvalue weighted by molar-refractivity contribution is -0.144. The summed E-state index contributed by atoms with van der Waals surface area (Å²) >= 11 is 4.96. The van der Waals surface area contributed by atoms with Crippen molar-refractivity contribution < 1.29 is 14.3 Å². The minimum absolute atomic E-state index is 0.0281. The van der Waals surface area contributed by atoms with E-state index in [2.05, 4.69) is 15.9 Å². The smallest absolute Gasteiger partial charge is 0.309 e. The Labute approximate surface area is 126 Å². The molecule has 0 aliphatic heterocycles. The van der Waals surface area contributed by atoms with E-state index in [4.69, 9.17) is 4.74 Å². The van der Waals surface area contributed by atoms with E-state index < -0.39 is 0 Å². The maximum Gasteiger partial charge on any atom is 0.309 e. The Bertz CT molecular complexity index is 431. The Balaban J connectivity index is 2.69. The molecular formula is C14H17BrO3S. The second kappa shape index (κ2) is 8.38. The van der Waals surface area contributed by atoms with E-state index >= 15 is 0 Å². The number of ether oxygens (including phenoxy) is 1. The molecule has 0 N–H and O–H groups in total. The van der Waals surface area contributed by atoms with Crippen molar-refractivity contribution in [3.63, 3.8) is 0 Å². The molecule has 104 valence electrons. The molecule has 1 unspecified atom stereocenters. The fourth-order valence-corrected chi connectivity index (χ4v) is 2.65. The van der Waals surface area contributed by atoms with E-state index in [0.717, 1.165) is 10.2 Å². The highest BCUT2D eigenvalue weighted by Crippen LogP contribution is 2.18. The molecule has 0 aliphatic rings. The zero-order valence-electron chi connectivity index (χ0n) is 11.0. The van der Waals surface area contributed by atoms with Crippen LogP contribution < -0.4 is 0 Å². The van der Waals surface area contributed by atoms with Crippen LogP contribution in [0.4, 0.5) is 0 Å². The van der Waals surface area contributed by atoms with Crippen molar-refractivity contribution >= 4 is 39.4 Å². The number of esters is 1. The normalized spacial score (nSPS) is 11.9. The molecule has 0 aromatic heterocycles. The highest BCUT2D eigenvalue weighted by atomic mass is 79.9. The molecule has 0 saturated heterocycles. The van der Waals surface area contributed by atoms with E-state index in [9.17, 15) is 9.59 Å². The van der Waals surface area contributed by atoms with Gasteiger partial charge in [-0.3, -0.25) is 9.59 Å². The zero-order valence-corrected chi connectivity index (χ0v) is 13.4. The molecule has 0 fully saturated rings. The van der Waals surface area contributed by atoms with Gasteiger partial charge in [0, 0.05) is 22.2 Å². The van der Waals surface area contributed by atoms with Crippen molar-refractivity contribution in [1.29, 1.82) is 0 Å². The van der Waals surface area contributed by atoms with E-state index in [1.165, 1.54) is 7.11 Å². The van der Waals surface area contributed by atoms with Gasteiger partial charge in [0.05, 0.1) is 13.0 Å². The number of rotatable bonds is 7. The van der Waals surface area contributed by atoms with Crippen LogP contribution in [0.25, 0.3) is 0 Å². The van der Waals surface area contributed by atoms with Crippen molar-refractivity contribution in [2.45, 2.75) is 13.3 Å². The van der Waals surface area contributed by atoms with Gasteiger partial charge in [-0.25, -0.2) is 0 Å². The third-order valence-corrected chi connectivity index (χ3v) is 4.23. The number of Topliss-reactive ketones (excluding diaryl/α,β-unsaturated/α-hetero) is 1. The van der Waals surface area contributed by atoms with Gasteiger partial charge in [-0.1, -0.05) is 35.0 Å². The number of benzene rings is 1. The second-order valence-corrected chi connectivity index (χ2v) is 6.25. The fraction of sp³-hybridized carbons (Fsp3) is 0.429. The molecule has 0 radical (unpaired) electrons. The number of hydrogen-bond donors (Lipinski definition) is 0. The minimum atomic E-state index is -0.369. The molecule has 3 nitrogen and oxygen atoms in total. The molecule has 0 aliphatic carbocycles. The van der Waals surface area contributed by atoms with Gasteiger partial charge in [-0.05, 0) is 17.9 Å². The predicted molar refractivity (Wildman–Crippen MR) is 81.6 cm³/mol. The molecule has 0 spiro atoms. The quantitative estimate of drug-likeness (QED) is 0.560. The van der Waals surface area contributed by atoms with Crippen LogP contribution in [0, 0.1) is 5.92 Å². The number of thioether (sulfide) groups is 1. The molecule has 1 rings (SSSR count). The van der Waals surface area contributed by atoms with E-state index in [1.807, 2.05) is 19.1 Å². The second-order valence-electron chi connectivity index (χ2n) is 4.01.